The Morgan fingerprint density at radius 3 is 2.28 bits per heavy atom. The molecule has 2 aliphatic rings. The van der Waals surface area contributed by atoms with E-state index in [1.807, 2.05) is 13.2 Å². The summed E-state index contributed by atoms with van der Waals surface area (Å²) in [6, 6.07) is 7.82. The van der Waals surface area contributed by atoms with Gasteiger partial charge in [-0.05, 0) is 49.6 Å². The molecule has 0 amide bonds. The van der Waals surface area contributed by atoms with Gasteiger partial charge in [-0.15, -0.1) is 0 Å². The Hall–Kier alpha value is -1.66. The first-order valence-electron chi connectivity index (χ1n) is 11.2. The summed E-state index contributed by atoms with van der Waals surface area (Å²) in [6.07, 6.45) is 9.12. The molecule has 1 aromatic heterocycles. The molecule has 1 aliphatic carbocycles. The summed E-state index contributed by atoms with van der Waals surface area (Å²) in [7, 11) is 1.94. The quantitative estimate of drug-likeness (QED) is 0.532. The molecule has 6 heteroatoms. The average Bonchev–Trinajstić information content (AvgIpc) is 2.90. The third kappa shape index (κ3) is 4.29. The Morgan fingerprint density at radius 2 is 1.62 bits per heavy atom. The molecule has 0 unspecified atom stereocenters. The largest absolute Gasteiger partial charge is 0.351 e. The number of hydrogen-bond acceptors (Lipinski definition) is 5. The zero-order chi connectivity index (χ0) is 20.6. The Kier molecular flexibility index (Phi) is 5.60. The van der Waals surface area contributed by atoms with Crippen molar-refractivity contribution < 1.29 is 0 Å². The second-order valence-electron chi connectivity index (χ2n) is 10.5. The maximum absolute atomic E-state index is 4.80. The van der Waals surface area contributed by atoms with Gasteiger partial charge in [0.2, 0.25) is 5.95 Å². The molecular formula is C23H36BN5. The number of benzene rings is 1. The minimum atomic E-state index is 0.374. The summed E-state index contributed by atoms with van der Waals surface area (Å²) in [4.78, 5) is 9.43. The molecule has 2 fully saturated rings. The maximum Gasteiger partial charge on any atom is 0.223 e. The van der Waals surface area contributed by atoms with Gasteiger partial charge in [0.25, 0.3) is 0 Å². The molecule has 1 aromatic carbocycles. The summed E-state index contributed by atoms with van der Waals surface area (Å²) in [5.74, 6) is 0.762. The van der Waals surface area contributed by atoms with Crippen LogP contribution in [-0.4, -0.2) is 35.8 Å². The Labute approximate surface area is 175 Å². The second kappa shape index (κ2) is 7.88. The Bertz CT molecular complexity index is 841. The number of hydrazine groups is 1. The lowest BCUT2D eigenvalue weighted by Crippen LogP contribution is -2.42. The van der Waals surface area contributed by atoms with E-state index in [1.165, 1.54) is 30.9 Å². The SMILES string of the molecule is CNNC1CCC(Nc2ncc3cc(B4CC(C)(C)C(C)(C)C4)ccc3n2)CC1. The summed E-state index contributed by atoms with van der Waals surface area (Å²) in [6.45, 7) is 10.3. The molecule has 4 rings (SSSR count). The van der Waals surface area contributed by atoms with Crippen molar-refractivity contribution in [3.05, 3.63) is 24.4 Å². The molecule has 1 aliphatic heterocycles. The van der Waals surface area contributed by atoms with Crippen molar-refractivity contribution in [2.75, 3.05) is 12.4 Å². The smallest absolute Gasteiger partial charge is 0.223 e. The van der Waals surface area contributed by atoms with E-state index in [0.717, 1.165) is 29.7 Å². The molecule has 2 heterocycles. The van der Waals surface area contributed by atoms with Crippen LogP contribution < -0.4 is 21.6 Å². The van der Waals surface area contributed by atoms with Crippen molar-refractivity contribution in [2.24, 2.45) is 10.8 Å². The fourth-order valence-electron chi connectivity index (χ4n) is 5.24. The van der Waals surface area contributed by atoms with Gasteiger partial charge in [-0.25, -0.2) is 9.97 Å². The molecular weight excluding hydrogens is 357 g/mol. The van der Waals surface area contributed by atoms with Gasteiger partial charge in [0, 0.05) is 23.7 Å². The fourth-order valence-corrected chi connectivity index (χ4v) is 5.24. The van der Waals surface area contributed by atoms with E-state index >= 15 is 0 Å². The van der Waals surface area contributed by atoms with Crippen LogP contribution in [-0.2, 0) is 0 Å². The van der Waals surface area contributed by atoms with Gasteiger partial charge >= 0.3 is 0 Å². The minimum Gasteiger partial charge on any atom is -0.351 e. The third-order valence-corrected chi connectivity index (χ3v) is 7.83. The first-order valence-corrected chi connectivity index (χ1v) is 11.2. The minimum absolute atomic E-state index is 0.374. The van der Waals surface area contributed by atoms with Crippen LogP contribution in [0.5, 0.6) is 0 Å². The van der Waals surface area contributed by atoms with E-state index in [9.17, 15) is 0 Å². The molecule has 29 heavy (non-hydrogen) atoms. The van der Waals surface area contributed by atoms with E-state index in [-0.39, 0.29) is 0 Å². The highest BCUT2D eigenvalue weighted by molar-refractivity contribution is 6.74. The Balaban J connectivity index is 1.44. The van der Waals surface area contributed by atoms with Crippen molar-refractivity contribution in [1.29, 1.82) is 0 Å². The van der Waals surface area contributed by atoms with Crippen LogP contribution >= 0.6 is 0 Å². The molecule has 0 bridgehead atoms. The summed E-state index contributed by atoms with van der Waals surface area (Å²) < 4.78 is 0. The van der Waals surface area contributed by atoms with Crippen molar-refractivity contribution in [3.8, 4) is 0 Å². The van der Waals surface area contributed by atoms with Gasteiger partial charge in [-0.2, -0.15) is 0 Å². The topological polar surface area (TPSA) is 61.9 Å². The fraction of sp³-hybridized carbons (Fsp3) is 0.652. The molecule has 2 aromatic rings. The van der Waals surface area contributed by atoms with Gasteiger partial charge in [-0.1, -0.05) is 57.9 Å². The normalized spacial score (nSPS) is 26.0. The predicted octanol–water partition coefficient (Wildman–Crippen LogP) is 3.84. The maximum atomic E-state index is 4.80. The highest BCUT2D eigenvalue weighted by Crippen LogP contribution is 2.52. The number of aromatic nitrogens is 2. The van der Waals surface area contributed by atoms with Crippen LogP contribution in [0.4, 0.5) is 5.95 Å². The molecule has 1 saturated heterocycles. The van der Waals surface area contributed by atoms with E-state index in [2.05, 4.69) is 67.0 Å². The van der Waals surface area contributed by atoms with Crippen LogP contribution in [0, 0.1) is 10.8 Å². The van der Waals surface area contributed by atoms with Crippen LogP contribution in [0.25, 0.3) is 10.9 Å². The molecule has 0 spiro atoms. The number of nitrogens with zero attached hydrogens (tertiary/aromatic N) is 2. The van der Waals surface area contributed by atoms with Gasteiger partial charge in [-0.3, -0.25) is 10.9 Å². The zero-order valence-corrected chi connectivity index (χ0v) is 18.7. The lowest BCUT2D eigenvalue weighted by molar-refractivity contribution is 0.177. The zero-order valence-electron chi connectivity index (χ0n) is 18.7. The van der Waals surface area contributed by atoms with Crippen LogP contribution in [0.3, 0.4) is 0 Å². The summed E-state index contributed by atoms with van der Waals surface area (Å²) in [5.41, 5.74) is 9.61. The van der Waals surface area contributed by atoms with E-state index < -0.39 is 0 Å². The van der Waals surface area contributed by atoms with Gasteiger partial charge in [0.1, 0.15) is 0 Å². The monoisotopic (exact) mass is 393 g/mol. The highest BCUT2D eigenvalue weighted by Gasteiger charge is 2.48. The number of fused-ring (bicyclic) bond motifs is 1. The number of hydrogen-bond donors (Lipinski definition) is 3. The predicted molar refractivity (Wildman–Crippen MR) is 124 cm³/mol. The number of nitrogens with one attached hydrogen (secondary N) is 3. The van der Waals surface area contributed by atoms with Gasteiger partial charge in [0.15, 0.2) is 6.71 Å². The molecule has 5 nitrogen and oxygen atoms in total. The van der Waals surface area contributed by atoms with Crippen molar-refractivity contribution in [1.82, 2.24) is 20.8 Å². The van der Waals surface area contributed by atoms with Gasteiger partial charge in [0.05, 0.1) is 5.52 Å². The molecule has 156 valence electrons. The van der Waals surface area contributed by atoms with E-state index in [0.29, 0.717) is 29.6 Å². The lowest BCUT2D eigenvalue weighted by atomic mass is 9.42. The average molecular weight is 393 g/mol. The Morgan fingerprint density at radius 1 is 0.966 bits per heavy atom. The van der Waals surface area contributed by atoms with Crippen LogP contribution in [0.2, 0.25) is 12.6 Å². The van der Waals surface area contributed by atoms with E-state index in [1.54, 1.807) is 0 Å². The first kappa shape index (κ1) is 20.6. The van der Waals surface area contributed by atoms with Crippen LogP contribution in [0.1, 0.15) is 53.4 Å². The van der Waals surface area contributed by atoms with E-state index in [4.69, 9.17) is 4.98 Å². The molecule has 0 radical (unpaired) electrons. The third-order valence-electron chi connectivity index (χ3n) is 7.83. The lowest BCUT2D eigenvalue weighted by Gasteiger charge is -2.35. The first-order chi connectivity index (χ1) is 13.8. The van der Waals surface area contributed by atoms with Gasteiger partial charge < -0.3 is 5.32 Å². The summed E-state index contributed by atoms with van der Waals surface area (Å²) >= 11 is 0. The van der Waals surface area contributed by atoms with Crippen molar-refractivity contribution in [3.63, 3.8) is 0 Å². The highest BCUT2D eigenvalue weighted by atomic mass is 15.3. The van der Waals surface area contributed by atoms with Crippen molar-refractivity contribution >= 4 is 29.0 Å². The molecule has 3 N–H and O–H groups in total. The summed E-state index contributed by atoms with van der Waals surface area (Å²) in [5, 5.41) is 4.71. The second-order valence-corrected chi connectivity index (χ2v) is 10.5. The number of rotatable bonds is 5. The number of anilines is 1. The molecule has 1 saturated carbocycles. The van der Waals surface area contributed by atoms with Crippen LogP contribution in [0.15, 0.2) is 24.4 Å². The molecule has 0 atom stereocenters. The van der Waals surface area contributed by atoms with Crippen molar-refractivity contribution in [2.45, 2.75) is 78.1 Å². The standard InChI is InChI=1S/C23H36BN5/c1-22(2)14-24(15-23(22,3)4)17-6-11-20-16(12-17)13-26-21(28-20)27-18-7-9-19(10-8-18)29-25-5/h6,11-13,18-19,25,29H,7-10,14-15H2,1-5H3,(H,26,27,28).